The van der Waals surface area contributed by atoms with Gasteiger partial charge >= 0.3 is 0 Å². The third-order valence-corrected chi connectivity index (χ3v) is 2.65. The van der Waals surface area contributed by atoms with E-state index in [1.54, 1.807) is 13.0 Å². The number of amides is 1. The van der Waals surface area contributed by atoms with Crippen LogP contribution in [0.2, 0.25) is 5.02 Å². The van der Waals surface area contributed by atoms with Crippen LogP contribution in [0, 0.1) is 12.7 Å². The van der Waals surface area contributed by atoms with Crippen LogP contribution in [-0.4, -0.2) is 10.9 Å². The summed E-state index contributed by atoms with van der Waals surface area (Å²) >= 11 is 5.63. The van der Waals surface area contributed by atoms with Gasteiger partial charge < -0.3 is 11.1 Å². The summed E-state index contributed by atoms with van der Waals surface area (Å²) in [5, 5.41) is 2.72. The zero-order valence-electron chi connectivity index (χ0n) is 10.1. The van der Waals surface area contributed by atoms with Crippen molar-refractivity contribution in [2.24, 2.45) is 0 Å². The van der Waals surface area contributed by atoms with Crippen molar-refractivity contribution < 1.29 is 9.18 Å². The summed E-state index contributed by atoms with van der Waals surface area (Å²) in [7, 11) is 0. The largest absolute Gasteiger partial charge is 0.384 e. The summed E-state index contributed by atoms with van der Waals surface area (Å²) in [6.07, 6.45) is 0. The fraction of sp³-hybridized carbons (Fsp3) is 0.0769. The highest BCUT2D eigenvalue weighted by Gasteiger charge is 2.11. The average molecular weight is 280 g/mol. The first-order valence-corrected chi connectivity index (χ1v) is 5.84. The summed E-state index contributed by atoms with van der Waals surface area (Å²) < 4.78 is 13.5. The van der Waals surface area contributed by atoms with Gasteiger partial charge in [0.05, 0.1) is 5.69 Å². The number of hydrogen-bond donors (Lipinski definition) is 2. The van der Waals surface area contributed by atoms with E-state index in [9.17, 15) is 9.18 Å². The van der Waals surface area contributed by atoms with Crippen LogP contribution in [0.25, 0.3) is 0 Å². The molecule has 3 N–H and O–H groups in total. The Morgan fingerprint density at radius 2 is 2.11 bits per heavy atom. The van der Waals surface area contributed by atoms with Crippen molar-refractivity contribution in [2.45, 2.75) is 6.92 Å². The number of hydrogen-bond acceptors (Lipinski definition) is 3. The summed E-state index contributed by atoms with van der Waals surface area (Å²) in [4.78, 5) is 15.9. The van der Waals surface area contributed by atoms with Gasteiger partial charge in [-0.3, -0.25) is 4.79 Å². The van der Waals surface area contributed by atoms with E-state index in [4.69, 9.17) is 17.3 Å². The van der Waals surface area contributed by atoms with Gasteiger partial charge in [0.2, 0.25) is 0 Å². The second kappa shape index (κ2) is 5.24. The van der Waals surface area contributed by atoms with Crippen molar-refractivity contribution in [1.29, 1.82) is 0 Å². The highest BCUT2D eigenvalue weighted by atomic mass is 35.5. The standard InChI is InChI=1S/C13H11ClFN3O/c1-7-4-8(5-12(16)17-7)13(19)18-11-3-2-9(14)6-10(11)15/h2-6H,1H3,(H2,16,17)(H,18,19). The monoisotopic (exact) mass is 279 g/mol. The minimum absolute atomic E-state index is 0.0578. The number of aryl methyl sites for hydroxylation is 1. The van der Waals surface area contributed by atoms with Crippen LogP contribution in [0.4, 0.5) is 15.9 Å². The average Bonchev–Trinajstić information content (AvgIpc) is 2.31. The van der Waals surface area contributed by atoms with Crippen molar-refractivity contribution in [3.8, 4) is 0 Å². The number of nitrogen functional groups attached to an aromatic ring is 1. The number of nitrogens with two attached hydrogens (primary N) is 1. The normalized spacial score (nSPS) is 10.3. The van der Waals surface area contributed by atoms with Crippen LogP contribution >= 0.6 is 11.6 Å². The quantitative estimate of drug-likeness (QED) is 0.888. The van der Waals surface area contributed by atoms with Crippen molar-refractivity contribution in [1.82, 2.24) is 4.98 Å². The second-order valence-corrected chi connectivity index (χ2v) is 4.44. The molecule has 2 aromatic rings. The van der Waals surface area contributed by atoms with E-state index in [-0.39, 0.29) is 16.5 Å². The van der Waals surface area contributed by atoms with Crippen LogP contribution in [0.1, 0.15) is 16.1 Å². The van der Waals surface area contributed by atoms with Gasteiger partial charge in [0.25, 0.3) is 5.91 Å². The summed E-state index contributed by atoms with van der Waals surface area (Å²) in [5.41, 5.74) is 6.55. The molecule has 0 saturated heterocycles. The summed E-state index contributed by atoms with van der Waals surface area (Å²) in [6.45, 7) is 1.72. The first-order chi connectivity index (χ1) is 8.95. The smallest absolute Gasteiger partial charge is 0.255 e. The second-order valence-electron chi connectivity index (χ2n) is 4.00. The number of aromatic nitrogens is 1. The van der Waals surface area contributed by atoms with Gasteiger partial charge in [-0.15, -0.1) is 0 Å². The Morgan fingerprint density at radius 1 is 1.37 bits per heavy atom. The van der Waals surface area contributed by atoms with Crippen LogP contribution in [0.3, 0.4) is 0 Å². The number of carbonyl (C=O) groups is 1. The predicted molar refractivity (Wildman–Crippen MR) is 72.7 cm³/mol. The van der Waals surface area contributed by atoms with Gasteiger partial charge in [-0.1, -0.05) is 11.6 Å². The molecule has 2 rings (SSSR count). The molecule has 4 nitrogen and oxygen atoms in total. The lowest BCUT2D eigenvalue weighted by Crippen LogP contribution is -2.14. The fourth-order valence-electron chi connectivity index (χ4n) is 1.61. The van der Waals surface area contributed by atoms with Crippen molar-refractivity contribution in [3.63, 3.8) is 0 Å². The number of nitrogens with zero attached hydrogens (tertiary/aromatic N) is 1. The molecule has 0 saturated carbocycles. The highest BCUT2D eigenvalue weighted by molar-refractivity contribution is 6.30. The first-order valence-electron chi connectivity index (χ1n) is 5.46. The van der Waals surface area contributed by atoms with Crippen LogP contribution in [0.15, 0.2) is 30.3 Å². The molecule has 6 heteroatoms. The molecule has 0 radical (unpaired) electrons. The Kier molecular flexibility index (Phi) is 3.66. The van der Waals surface area contributed by atoms with Gasteiger partial charge in [0.1, 0.15) is 11.6 Å². The third-order valence-electron chi connectivity index (χ3n) is 2.41. The number of nitrogens with one attached hydrogen (secondary N) is 1. The van der Waals surface area contributed by atoms with E-state index in [0.717, 1.165) is 6.07 Å². The molecule has 1 heterocycles. The molecule has 19 heavy (non-hydrogen) atoms. The lowest BCUT2D eigenvalue weighted by Gasteiger charge is -2.07. The SMILES string of the molecule is Cc1cc(C(=O)Nc2ccc(Cl)cc2F)cc(N)n1. The Bertz CT molecular complexity index is 626. The van der Waals surface area contributed by atoms with E-state index >= 15 is 0 Å². The fourth-order valence-corrected chi connectivity index (χ4v) is 1.77. The zero-order valence-corrected chi connectivity index (χ0v) is 10.8. The molecule has 0 spiro atoms. The van der Waals surface area contributed by atoms with Gasteiger partial charge in [-0.25, -0.2) is 9.37 Å². The molecule has 0 atom stereocenters. The zero-order chi connectivity index (χ0) is 14.0. The van der Waals surface area contributed by atoms with E-state index < -0.39 is 11.7 Å². The molecule has 0 fully saturated rings. The maximum atomic E-state index is 13.5. The molecule has 1 aromatic heterocycles. The van der Waals surface area contributed by atoms with E-state index in [2.05, 4.69) is 10.3 Å². The number of carbonyl (C=O) groups excluding carboxylic acids is 1. The molecular formula is C13H11ClFN3O. The van der Waals surface area contributed by atoms with Crippen LogP contribution in [0.5, 0.6) is 0 Å². The molecule has 1 aromatic carbocycles. The summed E-state index contributed by atoms with van der Waals surface area (Å²) in [5.74, 6) is -0.820. The van der Waals surface area contributed by atoms with Gasteiger partial charge in [0, 0.05) is 16.3 Å². The lowest BCUT2D eigenvalue weighted by atomic mass is 10.2. The topological polar surface area (TPSA) is 68.0 Å². The number of rotatable bonds is 2. The van der Waals surface area contributed by atoms with Gasteiger partial charge in [-0.05, 0) is 37.3 Å². The molecule has 0 aliphatic rings. The highest BCUT2D eigenvalue weighted by Crippen LogP contribution is 2.20. The van der Waals surface area contributed by atoms with Gasteiger partial charge in [-0.2, -0.15) is 0 Å². The Hall–Kier alpha value is -2.14. The number of benzene rings is 1. The molecule has 0 aliphatic carbocycles. The number of anilines is 2. The van der Waals surface area contributed by atoms with Crippen molar-refractivity contribution >= 4 is 29.0 Å². The van der Waals surface area contributed by atoms with Crippen molar-refractivity contribution in [3.05, 3.63) is 52.4 Å². The van der Waals surface area contributed by atoms with Crippen molar-refractivity contribution in [2.75, 3.05) is 11.1 Å². The van der Waals surface area contributed by atoms with Crippen LogP contribution in [-0.2, 0) is 0 Å². The van der Waals surface area contributed by atoms with E-state index in [1.807, 2.05) is 0 Å². The molecule has 0 unspecified atom stereocenters. The maximum Gasteiger partial charge on any atom is 0.255 e. The number of halogens is 2. The Balaban J connectivity index is 2.25. The Morgan fingerprint density at radius 3 is 2.74 bits per heavy atom. The minimum atomic E-state index is -0.598. The number of pyridine rings is 1. The molecular weight excluding hydrogens is 269 g/mol. The maximum absolute atomic E-state index is 13.5. The van der Waals surface area contributed by atoms with E-state index in [1.165, 1.54) is 18.2 Å². The lowest BCUT2D eigenvalue weighted by molar-refractivity contribution is 0.102. The molecule has 1 amide bonds. The third kappa shape index (κ3) is 3.20. The molecule has 98 valence electrons. The minimum Gasteiger partial charge on any atom is -0.384 e. The Labute approximate surface area is 114 Å². The molecule has 0 aliphatic heterocycles. The predicted octanol–water partition coefficient (Wildman–Crippen LogP) is 3.02. The van der Waals surface area contributed by atoms with Crippen LogP contribution < -0.4 is 11.1 Å². The summed E-state index contributed by atoms with van der Waals surface area (Å²) in [6, 6.07) is 7.01. The first kappa shape index (κ1) is 13.3. The van der Waals surface area contributed by atoms with Gasteiger partial charge in [0.15, 0.2) is 0 Å². The van der Waals surface area contributed by atoms with E-state index in [0.29, 0.717) is 11.3 Å². The molecule has 0 bridgehead atoms.